The van der Waals surface area contributed by atoms with Gasteiger partial charge in [-0.15, -0.1) is 11.8 Å². The van der Waals surface area contributed by atoms with Crippen LogP contribution in [-0.4, -0.2) is 26.4 Å². The van der Waals surface area contributed by atoms with E-state index in [1.165, 1.54) is 0 Å². The smallest absolute Gasteiger partial charge is 0.235 e. The topological polar surface area (TPSA) is 59.8 Å². The van der Waals surface area contributed by atoms with Crippen molar-refractivity contribution in [2.24, 2.45) is 0 Å². The molecule has 1 aliphatic heterocycles. The van der Waals surface area contributed by atoms with Crippen LogP contribution in [-0.2, 0) is 4.79 Å². The number of thioether (sulfide) groups is 1. The average molecular weight is 322 g/mol. The van der Waals surface area contributed by atoms with E-state index >= 15 is 0 Å². The van der Waals surface area contributed by atoms with Gasteiger partial charge in [0.05, 0.1) is 22.9 Å². The third-order valence-corrected chi connectivity index (χ3v) is 5.02. The maximum atomic E-state index is 12.1. The predicted molar refractivity (Wildman–Crippen MR) is 90.7 cm³/mol. The minimum atomic E-state index is -0.00881. The molecule has 0 spiro atoms. The largest absolute Gasteiger partial charge is 0.310 e. The highest BCUT2D eigenvalue weighted by molar-refractivity contribution is 8.00. The number of carbonyl (C=O) groups excluding carboxylic acids is 1. The molecule has 0 saturated carbocycles. The fourth-order valence-electron chi connectivity index (χ4n) is 2.67. The second-order valence-corrected chi connectivity index (χ2v) is 6.31. The standard InChI is InChI=1S/C17H14N4OS/c22-15-11-23-16(12-6-8-18-9-7-12)14-10-19-21(17(14)20-15)13-4-2-1-3-5-13/h1-10,16H,11H2,(H,20,22). The maximum absolute atomic E-state index is 12.1. The number of benzene rings is 1. The molecule has 3 aromatic rings. The molecule has 5 nitrogen and oxygen atoms in total. The number of carbonyl (C=O) groups is 1. The molecule has 1 atom stereocenters. The summed E-state index contributed by atoms with van der Waals surface area (Å²) < 4.78 is 1.79. The van der Waals surface area contributed by atoms with Crippen molar-refractivity contribution in [3.05, 3.63) is 72.2 Å². The zero-order valence-corrected chi connectivity index (χ0v) is 13.0. The summed E-state index contributed by atoms with van der Waals surface area (Å²) in [5, 5.41) is 7.55. The number of amides is 1. The van der Waals surface area contributed by atoms with Gasteiger partial charge in [0.25, 0.3) is 0 Å². The number of nitrogens with one attached hydrogen (secondary N) is 1. The molecule has 2 aromatic heterocycles. The second-order valence-electron chi connectivity index (χ2n) is 5.22. The number of para-hydroxylation sites is 1. The Balaban J connectivity index is 1.84. The van der Waals surface area contributed by atoms with E-state index in [1.807, 2.05) is 48.7 Å². The van der Waals surface area contributed by atoms with E-state index in [1.54, 1.807) is 28.8 Å². The van der Waals surface area contributed by atoms with Gasteiger partial charge in [0.1, 0.15) is 5.82 Å². The monoisotopic (exact) mass is 322 g/mol. The van der Waals surface area contributed by atoms with Crippen LogP contribution < -0.4 is 5.32 Å². The van der Waals surface area contributed by atoms with Crippen LogP contribution in [0.4, 0.5) is 5.82 Å². The van der Waals surface area contributed by atoms with Crippen molar-refractivity contribution in [1.29, 1.82) is 0 Å². The summed E-state index contributed by atoms with van der Waals surface area (Å²) >= 11 is 1.60. The van der Waals surface area contributed by atoms with Crippen LogP contribution in [0.15, 0.2) is 61.1 Å². The Morgan fingerprint density at radius 2 is 1.91 bits per heavy atom. The first-order valence-electron chi connectivity index (χ1n) is 7.27. The first kappa shape index (κ1) is 14.0. The Morgan fingerprint density at radius 3 is 2.70 bits per heavy atom. The van der Waals surface area contributed by atoms with E-state index in [0.29, 0.717) is 5.75 Å². The molecular weight excluding hydrogens is 308 g/mol. The van der Waals surface area contributed by atoms with Crippen molar-refractivity contribution in [2.45, 2.75) is 5.25 Å². The zero-order valence-electron chi connectivity index (χ0n) is 12.2. The van der Waals surface area contributed by atoms with Crippen LogP contribution in [0.25, 0.3) is 5.69 Å². The fourth-order valence-corrected chi connectivity index (χ4v) is 3.77. The van der Waals surface area contributed by atoms with Gasteiger partial charge in [-0.2, -0.15) is 5.10 Å². The Morgan fingerprint density at radius 1 is 1.13 bits per heavy atom. The fraction of sp³-hybridized carbons (Fsp3) is 0.118. The molecule has 1 unspecified atom stereocenters. The van der Waals surface area contributed by atoms with Gasteiger partial charge in [0.15, 0.2) is 0 Å². The SMILES string of the molecule is O=C1CSC(c2ccncc2)c2cnn(-c3ccccc3)c2N1. The minimum absolute atomic E-state index is 0.00881. The number of aromatic nitrogens is 3. The van der Waals surface area contributed by atoms with Crippen molar-refractivity contribution < 1.29 is 4.79 Å². The van der Waals surface area contributed by atoms with E-state index in [2.05, 4.69) is 15.4 Å². The lowest BCUT2D eigenvalue weighted by atomic mass is 10.1. The summed E-state index contributed by atoms with van der Waals surface area (Å²) in [6.07, 6.45) is 5.39. The minimum Gasteiger partial charge on any atom is -0.310 e. The molecule has 1 aromatic carbocycles. The average Bonchev–Trinajstić information content (AvgIpc) is 2.92. The molecule has 23 heavy (non-hydrogen) atoms. The Bertz CT molecular complexity index is 832. The molecule has 4 rings (SSSR count). The van der Waals surface area contributed by atoms with Crippen molar-refractivity contribution in [3.63, 3.8) is 0 Å². The van der Waals surface area contributed by atoms with E-state index in [0.717, 1.165) is 22.6 Å². The first-order valence-corrected chi connectivity index (χ1v) is 8.32. The van der Waals surface area contributed by atoms with Crippen molar-refractivity contribution in [3.8, 4) is 5.69 Å². The lowest BCUT2D eigenvalue weighted by molar-refractivity contribution is -0.113. The zero-order chi connectivity index (χ0) is 15.6. The summed E-state index contributed by atoms with van der Waals surface area (Å²) in [7, 11) is 0. The maximum Gasteiger partial charge on any atom is 0.235 e. The van der Waals surface area contributed by atoms with Gasteiger partial charge in [-0.25, -0.2) is 4.68 Å². The molecule has 0 radical (unpaired) electrons. The molecule has 0 aliphatic carbocycles. The van der Waals surface area contributed by atoms with Crippen LogP contribution >= 0.6 is 11.8 Å². The molecule has 3 heterocycles. The van der Waals surface area contributed by atoms with E-state index in [-0.39, 0.29) is 11.2 Å². The molecule has 1 N–H and O–H groups in total. The van der Waals surface area contributed by atoms with Gasteiger partial charge in [0.2, 0.25) is 5.91 Å². The van der Waals surface area contributed by atoms with Crippen LogP contribution in [0.5, 0.6) is 0 Å². The van der Waals surface area contributed by atoms with Crippen LogP contribution in [0.2, 0.25) is 0 Å². The Labute approximate surface area is 137 Å². The van der Waals surface area contributed by atoms with E-state index in [4.69, 9.17) is 0 Å². The van der Waals surface area contributed by atoms with Crippen molar-refractivity contribution in [2.75, 3.05) is 11.1 Å². The number of nitrogens with zero attached hydrogens (tertiary/aromatic N) is 3. The molecule has 6 heteroatoms. The molecular formula is C17H14N4OS. The van der Waals surface area contributed by atoms with Crippen LogP contribution in [0.1, 0.15) is 16.4 Å². The lowest BCUT2D eigenvalue weighted by Gasteiger charge is -2.13. The van der Waals surface area contributed by atoms with Gasteiger partial charge in [-0.1, -0.05) is 18.2 Å². The highest BCUT2D eigenvalue weighted by atomic mass is 32.2. The summed E-state index contributed by atoms with van der Waals surface area (Å²) in [5.74, 6) is 1.15. The van der Waals surface area contributed by atoms with Gasteiger partial charge in [0, 0.05) is 18.0 Å². The summed E-state index contributed by atoms with van der Waals surface area (Å²) in [5.41, 5.74) is 3.06. The summed E-state index contributed by atoms with van der Waals surface area (Å²) in [6.45, 7) is 0. The van der Waals surface area contributed by atoms with E-state index in [9.17, 15) is 4.79 Å². The van der Waals surface area contributed by atoms with Crippen molar-refractivity contribution in [1.82, 2.24) is 14.8 Å². The molecule has 114 valence electrons. The molecule has 1 amide bonds. The summed E-state index contributed by atoms with van der Waals surface area (Å²) in [4.78, 5) is 16.2. The second kappa shape index (κ2) is 5.89. The molecule has 1 aliphatic rings. The number of pyridine rings is 1. The van der Waals surface area contributed by atoms with Gasteiger partial charge in [-0.05, 0) is 29.8 Å². The number of hydrogen-bond donors (Lipinski definition) is 1. The molecule has 0 bridgehead atoms. The molecule has 0 saturated heterocycles. The van der Waals surface area contributed by atoms with E-state index < -0.39 is 0 Å². The number of rotatable bonds is 2. The van der Waals surface area contributed by atoms with Crippen LogP contribution in [0.3, 0.4) is 0 Å². The van der Waals surface area contributed by atoms with Crippen molar-refractivity contribution >= 4 is 23.5 Å². The number of hydrogen-bond acceptors (Lipinski definition) is 4. The highest BCUT2D eigenvalue weighted by Gasteiger charge is 2.27. The lowest BCUT2D eigenvalue weighted by Crippen LogP contribution is -2.15. The van der Waals surface area contributed by atoms with Gasteiger partial charge in [-0.3, -0.25) is 9.78 Å². The predicted octanol–water partition coefficient (Wildman–Crippen LogP) is 3.04. The Hall–Kier alpha value is -2.60. The molecule has 0 fully saturated rings. The quantitative estimate of drug-likeness (QED) is 0.788. The highest BCUT2D eigenvalue weighted by Crippen LogP contribution is 2.41. The Kier molecular flexibility index (Phi) is 3.59. The number of fused-ring (bicyclic) bond motifs is 1. The normalized spacial score (nSPS) is 17.2. The van der Waals surface area contributed by atoms with Gasteiger partial charge >= 0.3 is 0 Å². The van der Waals surface area contributed by atoms with Gasteiger partial charge < -0.3 is 5.32 Å². The third kappa shape index (κ3) is 2.61. The summed E-state index contributed by atoms with van der Waals surface area (Å²) in [6, 6.07) is 13.8. The van der Waals surface area contributed by atoms with Crippen LogP contribution in [0, 0.1) is 0 Å². The first-order chi connectivity index (χ1) is 11.3. The number of anilines is 1. The third-order valence-electron chi connectivity index (χ3n) is 3.73.